The van der Waals surface area contributed by atoms with E-state index >= 15 is 0 Å². The fourth-order valence-electron chi connectivity index (χ4n) is 4.35. The van der Waals surface area contributed by atoms with Gasteiger partial charge in [-0.3, -0.25) is 4.90 Å². The summed E-state index contributed by atoms with van der Waals surface area (Å²) in [7, 11) is 0. The van der Waals surface area contributed by atoms with Crippen molar-refractivity contribution in [3.05, 3.63) is 83.4 Å². The van der Waals surface area contributed by atoms with Gasteiger partial charge in [0, 0.05) is 37.4 Å². The first-order chi connectivity index (χ1) is 13.2. The van der Waals surface area contributed by atoms with Crippen LogP contribution in [0.15, 0.2) is 60.8 Å². The van der Waals surface area contributed by atoms with Gasteiger partial charge in [-0.25, -0.2) is 14.4 Å². The Labute approximate surface area is 158 Å². The van der Waals surface area contributed by atoms with Gasteiger partial charge in [-0.15, -0.1) is 0 Å². The van der Waals surface area contributed by atoms with Gasteiger partial charge >= 0.3 is 0 Å². The largest absolute Gasteiger partial charge is 0.324 e. The first-order valence-corrected chi connectivity index (χ1v) is 9.39. The number of para-hydroxylation sites is 1. The van der Waals surface area contributed by atoms with Gasteiger partial charge in [0.15, 0.2) is 0 Å². The van der Waals surface area contributed by atoms with Crippen LogP contribution in [0.5, 0.6) is 0 Å². The second-order valence-electron chi connectivity index (χ2n) is 7.49. The average molecular weight is 360 g/mol. The molecule has 2 aromatic carbocycles. The average Bonchev–Trinajstić information content (AvgIpc) is 3.22. The molecule has 1 aromatic heterocycles. The van der Waals surface area contributed by atoms with Crippen LogP contribution in [0.3, 0.4) is 0 Å². The van der Waals surface area contributed by atoms with Crippen molar-refractivity contribution in [3.63, 3.8) is 0 Å². The third kappa shape index (κ3) is 3.30. The van der Waals surface area contributed by atoms with Gasteiger partial charge in [0.25, 0.3) is 0 Å². The summed E-state index contributed by atoms with van der Waals surface area (Å²) in [5.74, 6) is 1.54. The van der Waals surface area contributed by atoms with Crippen LogP contribution < -0.4 is 5.32 Å². The molecule has 5 rings (SSSR count). The zero-order valence-electron chi connectivity index (χ0n) is 15.0. The monoisotopic (exact) mass is 360 g/mol. The second kappa shape index (κ2) is 6.74. The molecule has 5 heteroatoms. The SMILES string of the molecule is Fc1ccc(CN2C[C@H]3Cc4cnc(Nc5ccccc5)nc4[C@H]3C2)cc1. The van der Waals surface area contributed by atoms with Crippen LogP contribution in [0, 0.1) is 11.7 Å². The summed E-state index contributed by atoms with van der Waals surface area (Å²) in [5.41, 5.74) is 4.63. The predicted octanol–water partition coefficient (Wildman–Crippen LogP) is 4.13. The maximum atomic E-state index is 13.1. The number of benzene rings is 2. The van der Waals surface area contributed by atoms with E-state index in [2.05, 4.69) is 15.2 Å². The topological polar surface area (TPSA) is 41.1 Å². The molecule has 27 heavy (non-hydrogen) atoms. The molecular formula is C22H21FN4. The molecule has 136 valence electrons. The Bertz CT molecular complexity index is 942. The fraction of sp³-hybridized carbons (Fsp3) is 0.273. The summed E-state index contributed by atoms with van der Waals surface area (Å²) in [6.07, 6.45) is 3.03. The van der Waals surface area contributed by atoms with Crippen molar-refractivity contribution in [2.24, 2.45) is 5.92 Å². The number of nitrogens with one attached hydrogen (secondary N) is 1. The highest BCUT2D eigenvalue weighted by molar-refractivity contribution is 5.53. The summed E-state index contributed by atoms with van der Waals surface area (Å²) >= 11 is 0. The zero-order valence-corrected chi connectivity index (χ0v) is 15.0. The number of halogens is 1. The Morgan fingerprint density at radius 2 is 1.85 bits per heavy atom. The van der Waals surface area contributed by atoms with Gasteiger partial charge in [0.05, 0.1) is 5.69 Å². The molecule has 1 aliphatic carbocycles. The molecule has 2 atom stereocenters. The van der Waals surface area contributed by atoms with Crippen LogP contribution in [0.25, 0.3) is 0 Å². The second-order valence-corrected chi connectivity index (χ2v) is 7.49. The number of nitrogens with zero attached hydrogens (tertiary/aromatic N) is 3. The highest BCUT2D eigenvalue weighted by Crippen LogP contribution is 2.42. The van der Waals surface area contributed by atoms with E-state index < -0.39 is 0 Å². The number of anilines is 2. The minimum atomic E-state index is -0.180. The van der Waals surface area contributed by atoms with Gasteiger partial charge < -0.3 is 5.32 Å². The van der Waals surface area contributed by atoms with E-state index in [4.69, 9.17) is 4.98 Å². The molecule has 0 unspecified atom stereocenters. The molecule has 1 fully saturated rings. The Hall–Kier alpha value is -2.79. The maximum absolute atomic E-state index is 13.1. The lowest BCUT2D eigenvalue weighted by Crippen LogP contribution is -2.21. The van der Waals surface area contributed by atoms with Crippen molar-refractivity contribution in [3.8, 4) is 0 Å². The highest BCUT2D eigenvalue weighted by atomic mass is 19.1. The van der Waals surface area contributed by atoms with Crippen LogP contribution in [0.1, 0.15) is 22.7 Å². The van der Waals surface area contributed by atoms with E-state index in [0.717, 1.165) is 37.3 Å². The van der Waals surface area contributed by atoms with Crippen molar-refractivity contribution < 1.29 is 4.39 Å². The van der Waals surface area contributed by atoms with E-state index in [9.17, 15) is 4.39 Å². The molecule has 1 aliphatic heterocycles. The first-order valence-electron chi connectivity index (χ1n) is 9.39. The third-order valence-corrected chi connectivity index (χ3v) is 5.60. The Morgan fingerprint density at radius 1 is 1.04 bits per heavy atom. The quantitative estimate of drug-likeness (QED) is 0.759. The van der Waals surface area contributed by atoms with Gasteiger partial charge in [0.2, 0.25) is 5.95 Å². The third-order valence-electron chi connectivity index (χ3n) is 5.60. The molecule has 0 saturated carbocycles. The molecule has 0 radical (unpaired) electrons. The predicted molar refractivity (Wildman–Crippen MR) is 103 cm³/mol. The molecular weight excluding hydrogens is 339 g/mol. The maximum Gasteiger partial charge on any atom is 0.227 e. The van der Waals surface area contributed by atoms with Crippen LogP contribution in [0.2, 0.25) is 0 Å². The molecule has 3 aromatic rings. The Morgan fingerprint density at radius 3 is 2.67 bits per heavy atom. The van der Waals surface area contributed by atoms with Crippen molar-refractivity contribution in [1.29, 1.82) is 0 Å². The number of hydrogen-bond donors (Lipinski definition) is 1. The van der Waals surface area contributed by atoms with Crippen LogP contribution in [-0.4, -0.2) is 28.0 Å². The minimum Gasteiger partial charge on any atom is -0.324 e. The molecule has 0 spiro atoms. The van der Waals surface area contributed by atoms with Gasteiger partial charge in [-0.2, -0.15) is 0 Å². The number of aromatic nitrogens is 2. The van der Waals surface area contributed by atoms with Crippen molar-refractivity contribution >= 4 is 11.6 Å². The van der Waals surface area contributed by atoms with Gasteiger partial charge in [-0.05, 0) is 47.7 Å². The Kier molecular flexibility index (Phi) is 4.09. The smallest absolute Gasteiger partial charge is 0.227 e. The van der Waals surface area contributed by atoms with E-state index in [1.165, 1.54) is 23.4 Å². The lowest BCUT2D eigenvalue weighted by atomic mass is 9.99. The summed E-state index contributed by atoms with van der Waals surface area (Å²) < 4.78 is 13.1. The van der Waals surface area contributed by atoms with E-state index in [-0.39, 0.29) is 5.82 Å². The summed E-state index contributed by atoms with van der Waals surface area (Å²) in [6, 6.07) is 16.8. The molecule has 1 saturated heterocycles. The molecule has 1 N–H and O–H groups in total. The van der Waals surface area contributed by atoms with Crippen LogP contribution >= 0.6 is 0 Å². The van der Waals surface area contributed by atoms with Crippen molar-refractivity contribution in [2.45, 2.75) is 18.9 Å². The van der Waals surface area contributed by atoms with Crippen molar-refractivity contribution in [1.82, 2.24) is 14.9 Å². The Balaban J connectivity index is 1.31. The zero-order chi connectivity index (χ0) is 18.2. The summed E-state index contributed by atoms with van der Waals surface area (Å²) in [4.78, 5) is 11.8. The number of rotatable bonds is 4. The van der Waals surface area contributed by atoms with E-state index in [1.54, 1.807) is 0 Å². The summed E-state index contributed by atoms with van der Waals surface area (Å²) in [5, 5.41) is 3.30. The summed E-state index contributed by atoms with van der Waals surface area (Å²) in [6.45, 7) is 2.92. The molecule has 0 bridgehead atoms. The lowest BCUT2D eigenvalue weighted by molar-refractivity contribution is 0.313. The lowest BCUT2D eigenvalue weighted by Gasteiger charge is -2.17. The van der Waals surface area contributed by atoms with E-state index in [0.29, 0.717) is 17.8 Å². The molecule has 2 heterocycles. The number of fused-ring (bicyclic) bond motifs is 3. The number of likely N-dealkylation sites (tertiary alicyclic amines) is 1. The highest BCUT2D eigenvalue weighted by Gasteiger charge is 2.41. The van der Waals surface area contributed by atoms with Crippen LogP contribution in [-0.2, 0) is 13.0 Å². The fourth-order valence-corrected chi connectivity index (χ4v) is 4.35. The van der Waals surface area contributed by atoms with Crippen molar-refractivity contribution in [2.75, 3.05) is 18.4 Å². The molecule has 4 nitrogen and oxygen atoms in total. The van der Waals surface area contributed by atoms with Gasteiger partial charge in [0.1, 0.15) is 5.82 Å². The minimum absolute atomic E-state index is 0.180. The first kappa shape index (κ1) is 16.4. The van der Waals surface area contributed by atoms with Crippen LogP contribution in [0.4, 0.5) is 16.0 Å². The standard InChI is InChI=1S/C22H21FN4/c23-18-8-6-15(7-9-18)12-27-13-17-10-16-11-24-22(26-21(16)20(17)14-27)25-19-4-2-1-3-5-19/h1-9,11,17,20H,10,12-14H2,(H,24,25,26)/t17-,20+/m1/s1. The number of hydrogen-bond acceptors (Lipinski definition) is 4. The normalized spacial score (nSPS) is 21.1. The molecule has 2 aliphatic rings. The van der Waals surface area contributed by atoms with E-state index in [1.807, 2.05) is 48.7 Å². The van der Waals surface area contributed by atoms with Gasteiger partial charge in [-0.1, -0.05) is 30.3 Å². The molecule has 0 amide bonds.